The highest BCUT2D eigenvalue weighted by molar-refractivity contribution is 5.88. The summed E-state index contributed by atoms with van der Waals surface area (Å²) >= 11 is 0. The van der Waals surface area contributed by atoms with Gasteiger partial charge in [0.05, 0.1) is 5.69 Å². The molecule has 0 spiro atoms. The van der Waals surface area contributed by atoms with Gasteiger partial charge in [0.15, 0.2) is 0 Å². The molecule has 0 unspecified atom stereocenters. The average molecular weight is 353 g/mol. The molecule has 3 heteroatoms. The Morgan fingerprint density at radius 2 is 1.38 bits per heavy atom. The quantitative estimate of drug-likeness (QED) is 0.477. The van der Waals surface area contributed by atoms with E-state index in [1.807, 2.05) is 30.3 Å². The van der Waals surface area contributed by atoms with Crippen LogP contribution < -0.4 is 10.5 Å². The molecule has 140 valence electrons. The summed E-state index contributed by atoms with van der Waals surface area (Å²) in [5, 5.41) is 0. The largest absolute Gasteiger partial charge is 0.457 e. The third kappa shape index (κ3) is 4.87. The van der Waals surface area contributed by atoms with E-state index in [0.717, 1.165) is 28.3 Å². The number of amidine groups is 1. The zero-order valence-electron chi connectivity index (χ0n) is 17.1. The molecule has 0 aliphatic carbocycles. The second-order valence-electron chi connectivity index (χ2n) is 8.42. The molecular formula is C23H32N2O. The Bertz CT molecular complexity index is 740. The summed E-state index contributed by atoms with van der Waals surface area (Å²) in [7, 11) is 0. The Kier molecular flexibility index (Phi) is 6.12. The van der Waals surface area contributed by atoms with Crippen LogP contribution in [0.5, 0.6) is 11.5 Å². The zero-order chi connectivity index (χ0) is 19.5. The topological polar surface area (TPSA) is 47.6 Å². The van der Waals surface area contributed by atoms with Gasteiger partial charge < -0.3 is 10.5 Å². The molecular weight excluding hydrogens is 320 g/mol. The van der Waals surface area contributed by atoms with E-state index >= 15 is 0 Å². The molecule has 0 aliphatic rings. The molecule has 3 nitrogen and oxygen atoms in total. The Labute approximate surface area is 158 Å². The number of ether oxygens (including phenoxy) is 1. The minimum atomic E-state index is -0.165. The number of para-hydroxylation sites is 1. The van der Waals surface area contributed by atoms with Gasteiger partial charge >= 0.3 is 0 Å². The van der Waals surface area contributed by atoms with Crippen LogP contribution in [0.2, 0.25) is 0 Å². The molecule has 0 amide bonds. The van der Waals surface area contributed by atoms with Crippen molar-refractivity contribution < 1.29 is 4.74 Å². The van der Waals surface area contributed by atoms with Crippen LogP contribution in [0.25, 0.3) is 0 Å². The fraction of sp³-hybridized carbons (Fsp3) is 0.435. The molecule has 0 bridgehead atoms. The fourth-order valence-electron chi connectivity index (χ4n) is 2.63. The smallest absolute Gasteiger partial charge is 0.128 e. The van der Waals surface area contributed by atoms with Gasteiger partial charge in [0.2, 0.25) is 0 Å². The summed E-state index contributed by atoms with van der Waals surface area (Å²) in [4.78, 5) is 4.86. The van der Waals surface area contributed by atoms with Crippen molar-refractivity contribution in [1.29, 1.82) is 0 Å². The molecule has 0 saturated carbocycles. The molecule has 0 saturated heterocycles. The van der Waals surface area contributed by atoms with Gasteiger partial charge in [0, 0.05) is 5.41 Å². The van der Waals surface area contributed by atoms with Crippen LogP contribution in [0.3, 0.4) is 0 Å². The number of nitrogens with two attached hydrogens (primary N) is 1. The van der Waals surface area contributed by atoms with Gasteiger partial charge in [-0.15, -0.1) is 0 Å². The highest BCUT2D eigenvalue weighted by Gasteiger charge is 2.20. The Balaban J connectivity index is 2.60. The van der Waals surface area contributed by atoms with Gasteiger partial charge in [0.1, 0.15) is 17.3 Å². The van der Waals surface area contributed by atoms with E-state index in [2.05, 4.69) is 60.6 Å². The van der Waals surface area contributed by atoms with Crippen molar-refractivity contribution in [2.45, 2.75) is 60.3 Å². The number of aliphatic imine (C=N–C) groups is 1. The monoisotopic (exact) mass is 352 g/mol. The molecule has 2 rings (SSSR count). The maximum absolute atomic E-state index is 6.30. The van der Waals surface area contributed by atoms with Crippen molar-refractivity contribution in [3.05, 3.63) is 53.6 Å². The minimum absolute atomic E-state index is 0.165. The van der Waals surface area contributed by atoms with Crippen LogP contribution in [0.15, 0.2) is 47.5 Å². The molecule has 2 aromatic carbocycles. The molecule has 0 aliphatic heterocycles. The van der Waals surface area contributed by atoms with Crippen LogP contribution >= 0.6 is 0 Å². The van der Waals surface area contributed by atoms with Crippen LogP contribution in [-0.2, 0) is 0 Å². The summed E-state index contributed by atoms with van der Waals surface area (Å²) in [6.45, 7) is 15.0. The number of benzene rings is 2. The first-order valence-corrected chi connectivity index (χ1v) is 9.35. The summed E-state index contributed by atoms with van der Waals surface area (Å²) in [6.07, 6.45) is 0. The first-order chi connectivity index (χ1) is 12.1. The van der Waals surface area contributed by atoms with Gasteiger partial charge in [-0.25, -0.2) is 4.99 Å². The lowest BCUT2D eigenvalue weighted by Gasteiger charge is -2.22. The van der Waals surface area contributed by atoms with Gasteiger partial charge in [-0.2, -0.15) is 0 Å². The summed E-state index contributed by atoms with van der Waals surface area (Å²) in [6, 6.07) is 14.1. The predicted octanol–water partition coefficient (Wildman–Crippen LogP) is 6.76. The lowest BCUT2D eigenvalue weighted by Crippen LogP contribution is -2.28. The van der Waals surface area contributed by atoms with E-state index in [1.54, 1.807) is 0 Å². The van der Waals surface area contributed by atoms with Crippen LogP contribution in [0.4, 0.5) is 5.69 Å². The molecule has 26 heavy (non-hydrogen) atoms. The maximum Gasteiger partial charge on any atom is 0.128 e. The Morgan fingerprint density at radius 3 is 1.81 bits per heavy atom. The van der Waals surface area contributed by atoms with Crippen LogP contribution in [0.1, 0.15) is 71.4 Å². The molecule has 0 heterocycles. The van der Waals surface area contributed by atoms with Gasteiger partial charge in [-0.05, 0) is 47.2 Å². The van der Waals surface area contributed by atoms with Crippen molar-refractivity contribution in [1.82, 2.24) is 0 Å². The number of hydrogen-bond donors (Lipinski definition) is 1. The minimum Gasteiger partial charge on any atom is -0.457 e. The second kappa shape index (κ2) is 7.94. The molecule has 2 N–H and O–H groups in total. The first-order valence-electron chi connectivity index (χ1n) is 9.35. The van der Waals surface area contributed by atoms with Crippen molar-refractivity contribution in [2.75, 3.05) is 0 Å². The van der Waals surface area contributed by atoms with Crippen molar-refractivity contribution >= 4 is 11.5 Å². The number of rotatable bonds is 5. The first kappa shape index (κ1) is 20.0. The zero-order valence-corrected chi connectivity index (χ0v) is 17.1. The van der Waals surface area contributed by atoms with Gasteiger partial charge in [-0.3, -0.25) is 0 Å². The lowest BCUT2D eigenvalue weighted by atomic mass is 9.91. The molecule has 0 radical (unpaired) electrons. The Morgan fingerprint density at radius 1 is 0.885 bits per heavy atom. The van der Waals surface area contributed by atoms with E-state index in [1.165, 1.54) is 0 Å². The van der Waals surface area contributed by atoms with Crippen molar-refractivity contribution in [2.24, 2.45) is 16.1 Å². The number of nitrogens with zero attached hydrogens (tertiary/aromatic N) is 1. The van der Waals surface area contributed by atoms with Gasteiger partial charge in [0.25, 0.3) is 0 Å². The average Bonchev–Trinajstić information content (AvgIpc) is 2.55. The van der Waals surface area contributed by atoms with Crippen molar-refractivity contribution in [3.63, 3.8) is 0 Å². The van der Waals surface area contributed by atoms with E-state index in [4.69, 9.17) is 15.5 Å². The summed E-state index contributed by atoms with van der Waals surface area (Å²) in [5.74, 6) is 2.97. The van der Waals surface area contributed by atoms with E-state index in [-0.39, 0.29) is 5.41 Å². The van der Waals surface area contributed by atoms with Gasteiger partial charge in [-0.1, -0.05) is 66.7 Å². The summed E-state index contributed by atoms with van der Waals surface area (Å²) in [5.41, 5.74) is 9.45. The molecule has 2 aromatic rings. The third-order valence-electron chi connectivity index (χ3n) is 4.37. The van der Waals surface area contributed by atoms with E-state index in [9.17, 15) is 0 Å². The van der Waals surface area contributed by atoms with E-state index < -0.39 is 0 Å². The van der Waals surface area contributed by atoms with Crippen LogP contribution in [-0.4, -0.2) is 5.84 Å². The predicted molar refractivity (Wildman–Crippen MR) is 112 cm³/mol. The fourth-order valence-corrected chi connectivity index (χ4v) is 2.63. The summed E-state index contributed by atoms with van der Waals surface area (Å²) < 4.78 is 6.11. The maximum atomic E-state index is 6.30. The third-order valence-corrected chi connectivity index (χ3v) is 4.37. The number of hydrogen-bond acceptors (Lipinski definition) is 2. The lowest BCUT2D eigenvalue weighted by molar-refractivity contribution is 0.480. The van der Waals surface area contributed by atoms with E-state index in [0.29, 0.717) is 17.7 Å². The molecule has 0 fully saturated rings. The van der Waals surface area contributed by atoms with Crippen molar-refractivity contribution in [3.8, 4) is 11.5 Å². The van der Waals surface area contributed by atoms with Crippen LogP contribution in [0, 0.1) is 5.41 Å². The second-order valence-corrected chi connectivity index (χ2v) is 8.42. The highest BCUT2D eigenvalue weighted by Crippen LogP contribution is 2.40. The molecule has 0 aromatic heterocycles. The normalized spacial score (nSPS) is 12.7. The standard InChI is InChI=1S/C23H32N2O/c1-15(2)19-13-18(26-17-11-9-8-10-12-17)14-20(16(3)4)21(19)25-22(24)23(5,6)7/h8-16H,1-7H3,(H2,24,25). The SMILES string of the molecule is CC(C)c1cc(Oc2ccccc2)cc(C(C)C)c1N=C(N)C(C)(C)C. The highest BCUT2D eigenvalue weighted by atomic mass is 16.5. The molecule has 0 atom stereocenters. The Hall–Kier alpha value is -2.29.